The first-order valence-corrected chi connectivity index (χ1v) is 4.52. The van der Waals surface area contributed by atoms with Gasteiger partial charge in [0.25, 0.3) is 0 Å². The van der Waals surface area contributed by atoms with Crippen molar-refractivity contribution in [3.63, 3.8) is 0 Å². The highest BCUT2D eigenvalue weighted by Gasteiger charge is 2.41. The Hall–Kier alpha value is -0.330. The Bertz CT molecular complexity index is 180. The minimum atomic E-state index is -4.52. The molecular weight excluding hydrogens is 199 g/mol. The summed E-state index contributed by atoms with van der Waals surface area (Å²) in [5.41, 5.74) is 0. The summed E-state index contributed by atoms with van der Waals surface area (Å²) in [4.78, 5) is 1.53. The Morgan fingerprint density at radius 3 is 2.50 bits per heavy atom. The molecule has 1 saturated heterocycles. The van der Waals surface area contributed by atoms with Crippen molar-refractivity contribution in [2.45, 2.75) is 25.3 Å². The SMILES string of the molecule is CCOC1CN(CC(O)C(F)(F)F)C1. The smallest absolute Gasteiger partial charge is 0.382 e. The van der Waals surface area contributed by atoms with Crippen molar-refractivity contribution >= 4 is 0 Å². The summed E-state index contributed by atoms with van der Waals surface area (Å²) < 4.78 is 40.9. The van der Waals surface area contributed by atoms with E-state index in [-0.39, 0.29) is 12.6 Å². The maximum atomic E-state index is 11.9. The first-order chi connectivity index (χ1) is 6.43. The van der Waals surface area contributed by atoms with Crippen LogP contribution in [0, 0.1) is 0 Å². The van der Waals surface area contributed by atoms with Gasteiger partial charge in [-0.3, -0.25) is 4.90 Å². The van der Waals surface area contributed by atoms with Crippen molar-refractivity contribution < 1.29 is 23.0 Å². The van der Waals surface area contributed by atoms with Gasteiger partial charge in [0.15, 0.2) is 6.10 Å². The molecule has 1 heterocycles. The van der Waals surface area contributed by atoms with Crippen LogP contribution in [-0.2, 0) is 4.74 Å². The van der Waals surface area contributed by atoms with Gasteiger partial charge in [0.1, 0.15) is 0 Å². The number of nitrogens with zero attached hydrogens (tertiary/aromatic N) is 1. The largest absolute Gasteiger partial charge is 0.415 e. The van der Waals surface area contributed by atoms with Gasteiger partial charge in [-0.05, 0) is 6.92 Å². The molecule has 1 unspecified atom stereocenters. The van der Waals surface area contributed by atoms with E-state index in [1.807, 2.05) is 6.92 Å². The highest BCUT2D eigenvalue weighted by molar-refractivity contribution is 4.83. The van der Waals surface area contributed by atoms with Gasteiger partial charge in [0, 0.05) is 26.2 Å². The molecule has 14 heavy (non-hydrogen) atoms. The molecule has 1 aliphatic heterocycles. The molecule has 6 heteroatoms. The van der Waals surface area contributed by atoms with Crippen molar-refractivity contribution in [3.05, 3.63) is 0 Å². The number of halogens is 3. The van der Waals surface area contributed by atoms with Crippen molar-refractivity contribution in [3.8, 4) is 0 Å². The maximum absolute atomic E-state index is 11.9. The zero-order valence-corrected chi connectivity index (χ0v) is 7.92. The molecule has 0 spiro atoms. The normalized spacial score (nSPS) is 22.1. The molecular formula is C8H14F3NO2. The average molecular weight is 213 g/mol. The van der Waals surface area contributed by atoms with Crippen LogP contribution >= 0.6 is 0 Å². The lowest BCUT2D eigenvalue weighted by Gasteiger charge is -2.39. The minimum Gasteiger partial charge on any atom is -0.382 e. The summed E-state index contributed by atoms with van der Waals surface area (Å²) in [5.74, 6) is 0. The molecule has 1 fully saturated rings. The van der Waals surface area contributed by atoms with Gasteiger partial charge in [0.2, 0.25) is 0 Å². The number of ether oxygens (including phenoxy) is 1. The predicted octanol–water partition coefficient (Wildman–Crippen LogP) is 0.630. The number of aliphatic hydroxyl groups excluding tert-OH is 1. The number of aliphatic hydroxyl groups is 1. The van der Waals surface area contributed by atoms with E-state index in [0.717, 1.165) is 0 Å². The molecule has 0 bridgehead atoms. The Labute approximate surface area is 80.5 Å². The molecule has 0 saturated carbocycles. The monoisotopic (exact) mass is 213 g/mol. The first-order valence-electron chi connectivity index (χ1n) is 4.52. The van der Waals surface area contributed by atoms with E-state index < -0.39 is 12.3 Å². The molecule has 1 N–H and O–H groups in total. The van der Waals surface area contributed by atoms with E-state index in [4.69, 9.17) is 9.84 Å². The lowest BCUT2D eigenvalue weighted by Crippen LogP contribution is -2.56. The Kier molecular flexibility index (Phi) is 3.74. The van der Waals surface area contributed by atoms with E-state index in [9.17, 15) is 13.2 Å². The van der Waals surface area contributed by atoms with Gasteiger partial charge in [-0.1, -0.05) is 0 Å². The fourth-order valence-electron chi connectivity index (χ4n) is 1.36. The van der Waals surface area contributed by atoms with Crippen LogP contribution in [0.5, 0.6) is 0 Å². The number of likely N-dealkylation sites (tertiary alicyclic amines) is 1. The molecule has 3 nitrogen and oxygen atoms in total. The summed E-state index contributed by atoms with van der Waals surface area (Å²) in [5, 5.41) is 8.73. The fraction of sp³-hybridized carbons (Fsp3) is 1.00. The predicted molar refractivity (Wildman–Crippen MR) is 43.9 cm³/mol. The second-order valence-corrected chi connectivity index (χ2v) is 3.35. The summed E-state index contributed by atoms with van der Waals surface area (Å²) >= 11 is 0. The summed E-state index contributed by atoms with van der Waals surface area (Å²) in [6.45, 7) is 3.00. The number of β-amino-alcohol motifs (C(OH)–C–C–N with tert-alkyl or cyclic N) is 1. The van der Waals surface area contributed by atoms with Crippen molar-refractivity contribution in [1.82, 2.24) is 4.90 Å². The maximum Gasteiger partial charge on any atom is 0.415 e. The van der Waals surface area contributed by atoms with E-state index in [1.165, 1.54) is 4.90 Å². The van der Waals surface area contributed by atoms with E-state index in [1.54, 1.807) is 0 Å². The average Bonchev–Trinajstić information content (AvgIpc) is 1.98. The van der Waals surface area contributed by atoms with E-state index >= 15 is 0 Å². The molecule has 1 aliphatic rings. The van der Waals surface area contributed by atoms with Crippen LogP contribution in [0.2, 0.25) is 0 Å². The van der Waals surface area contributed by atoms with Gasteiger partial charge in [-0.25, -0.2) is 0 Å². The Morgan fingerprint density at radius 1 is 1.50 bits per heavy atom. The highest BCUT2D eigenvalue weighted by atomic mass is 19.4. The quantitative estimate of drug-likeness (QED) is 0.743. The van der Waals surface area contributed by atoms with Crippen molar-refractivity contribution in [1.29, 1.82) is 0 Å². The fourth-order valence-corrected chi connectivity index (χ4v) is 1.36. The minimum absolute atomic E-state index is 0.0282. The number of hydrogen-bond donors (Lipinski definition) is 1. The first kappa shape index (κ1) is 11.7. The second-order valence-electron chi connectivity index (χ2n) is 3.35. The van der Waals surface area contributed by atoms with Crippen molar-refractivity contribution in [2.24, 2.45) is 0 Å². The van der Waals surface area contributed by atoms with Crippen LogP contribution in [-0.4, -0.2) is 54.6 Å². The lowest BCUT2D eigenvalue weighted by atomic mass is 10.1. The molecule has 0 radical (unpaired) electrons. The molecule has 0 aromatic heterocycles. The van der Waals surface area contributed by atoms with Gasteiger partial charge < -0.3 is 9.84 Å². The zero-order chi connectivity index (χ0) is 10.8. The molecule has 0 amide bonds. The Balaban J connectivity index is 2.16. The topological polar surface area (TPSA) is 32.7 Å². The lowest BCUT2D eigenvalue weighted by molar-refractivity contribution is -0.214. The molecule has 0 aromatic rings. The van der Waals surface area contributed by atoms with Crippen molar-refractivity contribution in [2.75, 3.05) is 26.2 Å². The standard InChI is InChI=1S/C8H14F3NO2/c1-2-14-6-3-12(4-6)5-7(13)8(9,10)11/h6-7,13H,2-5H2,1H3. The van der Waals surface area contributed by atoms with Gasteiger partial charge in [-0.15, -0.1) is 0 Å². The third kappa shape index (κ3) is 3.11. The van der Waals surface area contributed by atoms with Crippen LogP contribution in [0.4, 0.5) is 13.2 Å². The van der Waals surface area contributed by atoms with E-state index in [0.29, 0.717) is 19.7 Å². The molecule has 1 atom stereocenters. The van der Waals surface area contributed by atoms with Crippen LogP contribution in [0.3, 0.4) is 0 Å². The molecule has 0 aromatic carbocycles. The van der Waals surface area contributed by atoms with Gasteiger partial charge in [0.05, 0.1) is 6.10 Å². The van der Waals surface area contributed by atoms with Crippen LogP contribution < -0.4 is 0 Å². The number of alkyl halides is 3. The van der Waals surface area contributed by atoms with E-state index in [2.05, 4.69) is 0 Å². The molecule has 84 valence electrons. The second kappa shape index (κ2) is 4.46. The third-order valence-corrected chi connectivity index (χ3v) is 2.14. The third-order valence-electron chi connectivity index (χ3n) is 2.14. The summed E-state index contributed by atoms with van der Waals surface area (Å²) in [7, 11) is 0. The molecule has 1 rings (SSSR count). The van der Waals surface area contributed by atoms with Crippen LogP contribution in [0.25, 0.3) is 0 Å². The summed E-state index contributed by atoms with van der Waals surface area (Å²) in [6, 6.07) is 0. The van der Waals surface area contributed by atoms with Gasteiger partial charge in [-0.2, -0.15) is 13.2 Å². The van der Waals surface area contributed by atoms with Gasteiger partial charge >= 0.3 is 6.18 Å². The Morgan fingerprint density at radius 2 is 2.07 bits per heavy atom. The van der Waals surface area contributed by atoms with Crippen LogP contribution in [0.15, 0.2) is 0 Å². The zero-order valence-electron chi connectivity index (χ0n) is 7.92. The molecule has 0 aliphatic carbocycles. The summed E-state index contributed by atoms with van der Waals surface area (Å²) in [6.07, 6.45) is -6.73. The highest BCUT2D eigenvalue weighted by Crippen LogP contribution is 2.22. The number of rotatable bonds is 4. The van der Waals surface area contributed by atoms with Crippen LogP contribution in [0.1, 0.15) is 6.92 Å². The number of hydrogen-bond acceptors (Lipinski definition) is 3.